The summed E-state index contributed by atoms with van der Waals surface area (Å²) in [6, 6.07) is 10.8. The van der Waals surface area contributed by atoms with Crippen LogP contribution in [0.2, 0.25) is 5.02 Å². The van der Waals surface area contributed by atoms with Crippen molar-refractivity contribution in [2.45, 2.75) is 4.90 Å². The topological polar surface area (TPSA) is 72.2 Å². The Labute approximate surface area is 124 Å². The molecule has 0 aliphatic heterocycles. The average molecular weight is 362 g/mol. The molecule has 100 valence electrons. The summed E-state index contributed by atoms with van der Waals surface area (Å²) in [5.74, 6) is 0. The number of hydrogen-bond donors (Lipinski definition) is 2. The molecule has 7 heteroatoms. The number of benzene rings is 2. The monoisotopic (exact) mass is 360 g/mol. The molecular weight excluding hydrogens is 352 g/mol. The Morgan fingerprint density at radius 3 is 2.53 bits per heavy atom. The highest BCUT2D eigenvalue weighted by atomic mass is 79.9. The number of nitrogen functional groups attached to an aromatic ring is 1. The zero-order valence-electron chi connectivity index (χ0n) is 9.60. The molecule has 0 aromatic heterocycles. The summed E-state index contributed by atoms with van der Waals surface area (Å²) in [6.07, 6.45) is 0. The second kappa shape index (κ2) is 5.40. The third-order valence-corrected chi connectivity index (χ3v) is 4.66. The molecule has 0 saturated heterocycles. The van der Waals surface area contributed by atoms with Gasteiger partial charge in [-0.15, -0.1) is 0 Å². The first-order chi connectivity index (χ1) is 8.88. The molecule has 0 unspecified atom stereocenters. The van der Waals surface area contributed by atoms with Crippen molar-refractivity contribution in [1.29, 1.82) is 0 Å². The lowest BCUT2D eigenvalue weighted by Gasteiger charge is -2.09. The maximum atomic E-state index is 12.1. The summed E-state index contributed by atoms with van der Waals surface area (Å²) in [5.41, 5.74) is 6.59. The van der Waals surface area contributed by atoms with Crippen LogP contribution in [0.5, 0.6) is 0 Å². The van der Waals surface area contributed by atoms with Crippen LogP contribution in [0.4, 0.5) is 11.4 Å². The van der Waals surface area contributed by atoms with E-state index in [1.54, 1.807) is 30.3 Å². The lowest BCUT2D eigenvalue weighted by molar-refractivity contribution is 0.601. The van der Waals surface area contributed by atoms with E-state index in [2.05, 4.69) is 20.7 Å². The average Bonchev–Trinajstić information content (AvgIpc) is 2.33. The Bertz CT molecular complexity index is 719. The van der Waals surface area contributed by atoms with Crippen LogP contribution in [0.15, 0.2) is 51.8 Å². The Morgan fingerprint density at radius 2 is 1.89 bits per heavy atom. The normalized spacial score (nSPS) is 11.3. The molecule has 0 fully saturated rings. The van der Waals surface area contributed by atoms with Crippen LogP contribution in [0.3, 0.4) is 0 Å². The zero-order valence-corrected chi connectivity index (χ0v) is 12.8. The number of nitrogens with one attached hydrogen (secondary N) is 1. The quantitative estimate of drug-likeness (QED) is 0.822. The molecule has 2 aromatic carbocycles. The second-order valence-corrected chi connectivity index (χ2v) is 6.77. The minimum atomic E-state index is -3.66. The van der Waals surface area contributed by atoms with Crippen molar-refractivity contribution >= 4 is 48.9 Å². The number of hydrogen-bond acceptors (Lipinski definition) is 3. The molecule has 0 bridgehead atoms. The van der Waals surface area contributed by atoms with Crippen LogP contribution in [0, 0.1) is 0 Å². The van der Waals surface area contributed by atoms with Gasteiger partial charge < -0.3 is 5.73 Å². The van der Waals surface area contributed by atoms with E-state index in [-0.39, 0.29) is 4.90 Å². The molecule has 0 aliphatic carbocycles. The molecule has 0 amide bonds. The molecule has 4 nitrogen and oxygen atoms in total. The van der Waals surface area contributed by atoms with Gasteiger partial charge in [0.15, 0.2) is 0 Å². The predicted octanol–water partition coefficient (Wildman–Crippen LogP) is 3.49. The molecule has 3 N–H and O–H groups in total. The largest absolute Gasteiger partial charge is 0.398 e. The van der Waals surface area contributed by atoms with E-state index < -0.39 is 10.0 Å². The van der Waals surface area contributed by atoms with Crippen molar-refractivity contribution in [3.8, 4) is 0 Å². The minimum absolute atomic E-state index is 0.105. The summed E-state index contributed by atoms with van der Waals surface area (Å²) < 4.78 is 27.3. The summed E-state index contributed by atoms with van der Waals surface area (Å²) in [4.78, 5) is 0.105. The number of halogens is 2. The van der Waals surface area contributed by atoms with E-state index in [0.717, 1.165) is 0 Å². The highest BCUT2D eigenvalue weighted by Gasteiger charge is 2.14. The molecule has 0 heterocycles. The first-order valence-electron chi connectivity index (χ1n) is 5.22. The Kier molecular flexibility index (Phi) is 4.03. The van der Waals surface area contributed by atoms with Gasteiger partial charge in [0.25, 0.3) is 10.0 Å². The third kappa shape index (κ3) is 3.40. The van der Waals surface area contributed by atoms with Gasteiger partial charge in [0.2, 0.25) is 0 Å². The molecule has 0 saturated carbocycles. The van der Waals surface area contributed by atoms with Crippen molar-refractivity contribution in [2.75, 3.05) is 10.5 Å². The standard InChI is InChI=1S/C12H10BrClN2O2S/c13-11-7-9(4-5-12(11)15)16-19(17,18)10-3-1-2-8(14)6-10/h1-7,16H,15H2. The van der Waals surface area contributed by atoms with Crippen LogP contribution < -0.4 is 10.5 Å². The summed E-state index contributed by atoms with van der Waals surface area (Å²) in [5, 5.41) is 0.362. The van der Waals surface area contributed by atoms with Crippen molar-refractivity contribution in [1.82, 2.24) is 0 Å². The van der Waals surface area contributed by atoms with Crippen molar-refractivity contribution < 1.29 is 8.42 Å². The zero-order chi connectivity index (χ0) is 14.0. The SMILES string of the molecule is Nc1ccc(NS(=O)(=O)c2cccc(Cl)c2)cc1Br. The fraction of sp³-hybridized carbons (Fsp3) is 0. The summed E-state index contributed by atoms with van der Waals surface area (Å²) in [6.45, 7) is 0. The Morgan fingerprint density at radius 1 is 1.16 bits per heavy atom. The van der Waals surface area contributed by atoms with Gasteiger partial charge >= 0.3 is 0 Å². The molecule has 2 rings (SSSR count). The van der Waals surface area contributed by atoms with Crippen LogP contribution >= 0.6 is 27.5 Å². The summed E-state index contributed by atoms with van der Waals surface area (Å²) >= 11 is 9.02. The van der Waals surface area contributed by atoms with Crippen LogP contribution in [0.25, 0.3) is 0 Å². The van der Waals surface area contributed by atoms with Gasteiger partial charge in [0, 0.05) is 15.2 Å². The lowest BCUT2D eigenvalue weighted by Crippen LogP contribution is -2.12. The van der Waals surface area contributed by atoms with Gasteiger partial charge in [-0.2, -0.15) is 0 Å². The smallest absolute Gasteiger partial charge is 0.261 e. The third-order valence-electron chi connectivity index (χ3n) is 2.36. The fourth-order valence-corrected chi connectivity index (χ4v) is 3.17. The molecule has 19 heavy (non-hydrogen) atoms. The molecule has 0 atom stereocenters. The fourth-order valence-electron chi connectivity index (χ4n) is 1.44. The van der Waals surface area contributed by atoms with Gasteiger partial charge in [-0.3, -0.25) is 4.72 Å². The maximum absolute atomic E-state index is 12.1. The Balaban J connectivity index is 2.33. The van der Waals surface area contributed by atoms with Gasteiger partial charge in [-0.25, -0.2) is 8.42 Å². The second-order valence-electron chi connectivity index (χ2n) is 3.80. The lowest BCUT2D eigenvalue weighted by atomic mass is 10.3. The molecular formula is C12H10BrClN2O2S. The van der Waals surface area contributed by atoms with Gasteiger partial charge in [-0.05, 0) is 52.3 Å². The van der Waals surface area contributed by atoms with E-state index in [1.807, 2.05) is 0 Å². The molecule has 0 radical (unpaired) electrons. The molecule has 0 spiro atoms. The number of sulfonamides is 1. The van der Waals surface area contributed by atoms with Crippen molar-refractivity contribution in [3.63, 3.8) is 0 Å². The minimum Gasteiger partial charge on any atom is -0.398 e. The molecule has 2 aromatic rings. The van der Waals surface area contributed by atoms with E-state index in [4.69, 9.17) is 17.3 Å². The van der Waals surface area contributed by atoms with E-state index >= 15 is 0 Å². The highest BCUT2D eigenvalue weighted by molar-refractivity contribution is 9.10. The van der Waals surface area contributed by atoms with Crippen molar-refractivity contribution in [3.05, 3.63) is 52.0 Å². The van der Waals surface area contributed by atoms with Gasteiger partial charge in [0.1, 0.15) is 0 Å². The summed E-state index contributed by atoms with van der Waals surface area (Å²) in [7, 11) is -3.66. The van der Waals surface area contributed by atoms with Gasteiger partial charge in [0.05, 0.1) is 10.6 Å². The number of anilines is 2. The van der Waals surface area contributed by atoms with Gasteiger partial charge in [-0.1, -0.05) is 17.7 Å². The predicted molar refractivity (Wildman–Crippen MR) is 80.8 cm³/mol. The number of rotatable bonds is 3. The van der Waals surface area contributed by atoms with Crippen LogP contribution in [-0.4, -0.2) is 8.42 Å². The van der Waals surface area contributed by atoms with Crippen molar-refractivity contribution in [2.24, 2.45) is 0 Å². The van der Waals surface area contributed by atoms with Crippen LogP contribution in [-0.2, 0) is 10.0 Å². The molecule has 0 aliphatic rings. The maximum Gasteiger partial charge on any atom is 0.261 e. The van der Waals surface area contributed by atoms with E-state index in [0.29, 0.717) is 20.9 Å². The van der Waals surface area contributed by atoms with Crippen LogP contribution in [0.1, 0.15) is 0 Å². The van der Waals surface area contributed by atoms with E-state index in [1.165, 1.54) is 12.1 Å². The Hall–Kier alpha value is -1.24. The first-order valence-corrected chi connectivity index (χ1v) is 7.87. The first kappa shape index (κ1) is 14.2. The van der Waals surface area contributed by atoms with E-state index in [9.17, 15) is 8.42 Å². The highest BCUT2D eigenvalue weighted by Crippen LogP contribution is 2.25. The number of nitrogens with two attached hydrogens (primary N) is 1.